The van der Waals surface area contributed by atoms with E-state index in [1.165, 1.54) is 43.5 Å². The summed E-state index contributed by atoms with van der Waals surface area (Å²) < 4.78 is 5.73. The van der Waals surface area contributed by atoms with Gasteiger partial charge in [0.25, 0.3) is 11.6 Å². The van der Waals surface area contributed by atoms with Gasteiger partial charge in [-0.2, -0.15) is 0 Å². The molecule has 0 unspecified atom stereocenters. The van der Waals surface area contributed by atoms with Crippen molar-refractivity contribution in [3.63, 3.8) is 0 Å². The number of carbonyl (C=O) groups is 1. The monoisotopic (exact) mass is 356 g/mol. The van der Waals surface area contributed by atoms with E-state index in [2.05, 4.69) is 12.2 Å². The van der Waals surface area contributed by atoms with Crippen LogP contribution in [0.15, 0.2) is 48.5 Å². The van der Waals surface area contributed by atoms with E-state index in [0.29, 0.717) is 23.6 Å². The Morgan fingerprint density at radius 3 is 2.50 bits per heavy atom. The SMILES string of the molecule is CCCCCCCOc1cccc(NC(=O)c2ccc([N+](=O)[O-])cc2)c1. The quantitative estimate of drug-likeness (QED) is 0.360. The minimum atomic E-state index is -0.495. The number of nitro groups is 1. The molecule has 0 aromatic heterocycles. The molecule has 0 radical (unpaired) electrons. The summed E-state index contributed by atoms with van der Waals surface area (Å²) in [7, 11) is 0. The zero-order valence-electron chi connectivity index (χ0n) is 14.9. The van der Waals surface area contributed by atoms with E-state index in [1.54, 1.807) is 12.1 Å². The molecule has 0 atom stereocenters. The lowest BCUT2D eigenvalue weighted by atomic mass is 10.2. The Balaban J connectivity index is 1.87. The van der Waals surface area contributed by atoms with Gasteiger partial charge in [-0.25, -0.2) is 0 Å². The number of rotatable bonds is 10. The summed E-state index contributed by atoms with van der Waals surface area (Å²) in [4.78, 5) is 22.4. The van der Waals surface area contributed by atoms with Crippen LogP contribution in [0.3, 0.4) is 0 Å². The van der Waals surface area contributed by atoms with Crippen LogP contribution >= 0.6 is 0 Å². The van der Waals surface area contributed by atoms with Gasteiger partial charge in [0.2, 0.25) is 0 Å². The molecule has 0 aliphatic rings. The molecule has 138 valence electrons. The average molecular weight is 356 g/mol. The van der Waals surface area contributed by atoms with Gasteiger partial charge < -0.3 is 10.1 Å². The number of non-ortho nitro benzene ring substituents is 1. The van der Waals surface area contributed by atoms with Gasteiger partial charge >= 0.3 is 0 Å². The minimum absolute atomic E-state index is 0.0455. The minimum Gasteiger partial charge on any atom is -0.494 e. The number of amides is 1. The molecule has 0 saturated heterocycles. The Hall–Kier alpha value is -2.89. The first kappa shape index (κ1) is 19.4. The third-order valence-electron chi connectivity index (χ3n) is 3.95. The summed E-state index contributed by atoms with van der Waals surface area (Å²) in [6.07, 6.45) is 5.87. The van der Waals surface area contributed by atoms with Crippen LogP contribution in [0.1, 0.15) is 49.4 Å². The van der Waals surface area contributed by atoms with Crippen LogP contribution in [0.5, 0.6) is 5.75 Å². The van der Waals surface area contributed by atoms with E-state index in [-0.39, 0.29) is 11.6 Å². The first-order chi connectivity index (χ1) is 12.6. The molecule has 6 heteroatoms. The number of nitrogens with zero attached hydrogens (tertiary/aromatic N) is 1. The summed E-state index contributed by atoms with van der Waals surface area (Å²) in [6.45, 7) is 2.84. The van der Waals surface area contributed by atoms with Crippen molar-refractivity contribution in [2.75, 3.05) is 11.9 Å². The molecule has 0 fully saturated rings. The highest BCUT2D eigenvalue weighted by molar-refractivity contribution is 6.04. The van der Waals surface area contributed by atoms with E-state index in [4.69, 9.17) is 4.74 Å². The fourth-order valence-electron chi connectivity index (χ4n) is 2.50. The maximum absolute atomic E-state index is 12.2. The highest BCUT2D eigenvalue weighted by Crippen LogP contribution is 2.19. The number of unbranched alkanes of at least 4 members (excludes halogenated alkanes) is 4. The molecular weight excluding hydrogens is 332 g/mol. The number of nitro benzene ring substituents is 1. The molecular formula is C20H24N2O4. The molecule has 6 nitrogen and oxygen atoms in total. The van der Waals surface area contributed by atoms with Gasteiger partial charge in [0.15, 0.2) is 0 Å². The summed E-state index contributed by atoms with van der Waals surface area (Å²) in [5.41, 5.74) is 0.936. The fourth-order valence-corrected chi connectivity index (χ4v) is 2.50. The Kier molecular flexibility index (Phi) is 7.61. The Morgan fingerprint density at radius 2 is 1.81 bits per heavy atom. The summed E-state index contributed by atoms with van der Waals surface area (Å²) in [5.74, 6) is 0.388. The first-order valence-electron chi connectivity index (χ1n) is 8.89. The maximum atomic E-state index is 12.2. The molecule has 0 bridgehead atoms. The average Bonchev–Trinajstić information content (AvgIpc) is 2.65. The Morgan fingerprint density at radius 1 is 1.08 bits per heavy atom. The van der Waals surface area contributed by atoms with Crippen LogP contribution in [-0.4, -0.2) is 17.4 Å². The lowest BCUT2D eigenvalue weighted by molar-refractivity contribution is -0.384. The number of benzene rings is 2. The van der Waals surface area contributed by atoms with E-state index in [1.807, 2.05) is 12.1 Å². The number of ether oxygens (including phenoxy) is 1. The topological polar surface area (TPSA) is 81.5 Å². The molecule has 2 aromatic carbocycles. The molecule has 0 aliphatic heterocycles. The highest BCUT2D eigenvalue weighted by atomic mass is 16.6. The first-order valence-corrected chi connectivity index (χ1v) is 8.89. The van der Waals surface area contributed by atoms with E-state index in [0.717, 1.165) is 12.8 Å². The van der Waals surface area contributed by atoms with Crippen molar-refractivity contribution in [1.29, 1.82) is 0 Å². The summed E-state index contributed by atoms with van der Waals surface area (Å²) >= 11 is 0. The molecule has 2 rings (SSSR count). The van der Waals surface area contributed by atoms with Crippen molar-refractivity contribution in [2.45, 2.75) is 39.0 Å². The number of carbonyl (C=O) groups excluding carboxylic acids is 1. The van der Waals surface area contributed by atoms with Crippen LogP contribution in [0.25, 0.3) is 0 Å². The second-order valence-corrected chi connectivity index (χ2v) is 6.05. The molecule has 0 spiro atoms. The van der Waals surface area contributed by atoms with Crippen LogP contribution < -0.4 is 10.1 Å². The van der Waals surface area contributed by atoms with Gasteiger partial charge in [-0.1, -0.05) is 38.7 Å². The second-order valence-electron chi connectivity index (χ2n) is 6.05. The smallest absolute Gasteiger partial charge is 0.269 e. The van der Waals surface area contributed by atoms with E-state index >= 15 is 0 Å². The van der Waals surface area contributed by atoms with Crippen LogP contribution in [0, 0.1) is 10.1 Å². The van der Waals surface area contributed by atoms with Crippen LogP contribution in [0.2, 0.25) is 0 Å². The predicted octanol–water partition coefficient (Wildman–Crippen LogP) is 5.20. The summed E-state index contributed by atoms with van der Waals surface area (Å²) in [6, 6.07) is 12.7. The van der Waals surface area contributed by atoms with Crippen molar-refractivity contribution < 1.29 is 14.5 Å². The van der Waals surface area contributed by atoms with Crippen LogP contribution in [-0.2, 0) is 0 Å². The molecule has 0 heterocycles. The van der Waals surface area contributed by atoms with Gasteiger partial charge in [0.1, 0.15) is 5.75 Å². The van der Waals surface area contributed by atoms with Crippen molar-refractivity contribution >= 4 is 17.3 Å². The van der Waals surface area contributed by atoms with Crippen molar-refractivity contribution in [3.05, 3.63) is 64.2 Å². The lowest BCUT2D eigenvalue weighted by Gasteiger charge is -2.09. The third kappa shape index (κ3) is 6.20. The number of nitrogens with one attached hydrogen (secondary N) is 1. The van der Waals surface area contributed by atoms with E-state index < -0.39 is 4.92 Å². The van der Waals surface area contributed by atoms with Crippen LogP contribution in [0.4, 0.5) is 11.4 Å². The van der Waals surface area contributed by atoms with Gasteiger partial charge in [0, 0.05) is 29.4 Å². The van der Waals surface area contributed by atoms with Crippen molar-refractivity contribution in [2.24, 2.45) is 0 Å². The van der Waals surface area contributed by atoms with Crippen molar-refractivity contribution in [1.82, 2.24) is 0 Å². The molecule has 1 amide bonds. The summed E-state index contributed by atoms with van der Waals surface area (Å²) in [5, 5.41) is 13.4. The normalized spacial score (nSPS) is 10.3. The standard InChI is InChI=1S/C20H24N2O4/c1-2-3-4-5-6-14-26-19-9-7-8-17(15-19)21-20(23)16-10-12-18(13-11-16)22(24)25/h7-13,15H,2-6,14H2,1H3,(H,21,23). The van der Waals surface area contributed by atoms with Gasteiger partial charge in [-0.3, -0.25) is 14.9 Å². The molecule has 1 N–H and O–H groups in total. The Bertz CT molecular complexity index is 729. The molecule has 26 heavy (non-hydrogen) atoms. The zero-order chi connectivity index (χ0) is 18.8. The largest absolute Gasteiger partial charge is 0.494 e. The lowest BCUT2D eigenvalue weighted by Crippen LogP contribution is -2.11. The van der Waals surface area contributed by atoms with Gasteiger partial charge in [-0.15, -0.1) is 0 Å². The fraction of sp³-hybridized carbons (Fsp3) is 0.350. The maximum Gasteiger partial charge on any atom is 0.269 e. The highest BCUT2D eigenvalue weighted by Gasteiger charge is 2.10. The predicted molar refractivity (Wildman–Crippen MR) is 102 cm³/mol. The van der Waals surface area contributed by atoms with Gasteiger partial charge in [0.05, 0.1) is 11.5 Å². The molecule has 2 aromatic rings. The number of hydrogen-bond donors (Lipinski definition) is 1. The number of anilines is 1. The molecule has 0 saturated carbocycles. The zero-order valence-corrected chi connectivity index (χ0v) is 14.9. The Labute approximate surface area is 153 Å². The van der Waals surface area contributed by atoms with E-state index in [9.17, 15) is 14.9 Å². The van der Waals surface area contributed by atoms with Gasteiger partial charge in [-0.05, 0) is 30.7 Å². The molecule has 0 aliphatic carbocycles. The third-order valence-corrected chi connectivity index (χ3v) is 3.95. The number of hydrogen-bond acceptors (Lipinski definition) is 4. The van der Waals surface area contributed by atoms with Crippen molar-refractivity contribution in [3.8, 4) is 5.75 Å². The second kappa shape index (κ2) is 10.2.